The van der Waals surface area contributed by atoms with E-state index in [0.29, 0.717) is 17.1 Å². The molecule has 6 heteroatoms. The number of esters is 1. The summed E-state index contributed by atoms with van der Waals surface area (Å²) in [4.78, 5) is 22.5. The lowest BCUT2D eigenvalue weighted by atomic mass is 10.1. The van der Waals surface area contributed by atoms with Crippen molar-refractivity contribution in [3.8, 4) is 23.6 Å². The third-order valence-electron chi connectivity index (χ3n) is 2.96. The lowest BCUT2D eigenvalue weighted by molar-refractivity contribution is -0.120. The number of carbonyl (C=O) groups is 2. The van der Waals surface area contributed by atoms with Gasteiger partial charge in [0.1, 0.15) is 30.2 Å². The maximum Gasteiger partial charge on any atom is 0.338 e. The topological polar surface area (TPSA) is 100 Å². The normalized spacial score (nSPS) is 9.46. The number of Topliss-reactive ketones (excluding diaryl/α,β-unsaturated/α-hetero) is 1. The molecular weight excluding hydrogens is 308 g/mol. The fourth-order valence-corrected chi connectivity index (χ4v) is 1.82. The maximum atomic E-state index is 11.7. The first kappa shape index (κ1) is 16.7. The number of benzene rings is 2. The summed E-state index contributed by atoms with van der Waals surface area (Å²) in [6.45, 7) is 1.07. The van der Waals surface area contributed by atoms with E-state index in [2.05, 4.69) is 0 Å². The number of nitriles is 2. The Bertz CT molecular complexity index is 858. The van der Waals surface area contributed by atoms with Gasteiger partial charge in [0.2, 0.25) is 0 Å². The van der Waals surface area contributed by atoms with E-state index in [1.54, 1.807) is 18.2 Å². The lowest BCUT2D eigenvalue weighted by Crippen LogP contribution is -2.11. The molecule has 0 heterocycles. The second-order valence-electron chi connectivity index (χ2n) is 4.84. The highest BCUT2D eigenvalue weighted by Crippen LogP contribution is 2.24. The molecule has 2 rings (SSSR count). The molecule has 0 aromatic heterocycles. The minimum atomic E-state index is -0.595. The quantitative estimate of drug-likeness (QED) is 0.785. The molecule has 0 N–H and O–H groups in total. The molecule has 0 saturated heterocycles. The van der Waals surface area contributed by atoms with E-state index in [1.807, 2.05) is 12.1 Å². The molecule has 2 aromatic rings. The molecule has 0 bridgehead atoms. The van der Waals surface area contributed by atoms with Gasteiger partial charge in [-0.3, -0.25) is 4.79 Å². The van der Waals surface area contributed by atoms with Gasteiger partial charge in [-0.25, -0.2) is 4.79 Å². The van der Waals surface area contributed by atoms with Gasteiger partial charge in [-0.1, -0.05) is 0 Å². The Morgan fingerprint density at radius 1 is 0.958 bits per heavy atom. The Labute approximate surface area is 138 Å². The lowest BCUT2D eigenvalue weighted by Gasteiger charge is -2.07. The fourth-order valence-electron chi connectivity index (χ4n) is 1.82. The summed E-state index contributed by atoms with van der Waals surface area (Å²) in [6.07, 6.45) is 0. The molecule has 0 radical (unpaired) electrons. The van der Waals surface area contributed by atoms with Gasteiger partial charge in [0.25, 0.3) is 0 Å². The first-order chi connectivity index (χ1) is 11.5. The largest absolute Gasteiger partial charge is 0.457 e. The minimum absolute atomic E-state index is 0.222. The second-order valence-corrected chi connectivity index (χ2v) is 4.84. The first-order valence-electron chi connectivity index (χ1n) is 6.92. The highest BCUT2D eigenvalue weighted by molar-refractivity contribution is 5.91. The predicted octanol–water partition coefficient (Wildman–Crippen LogP) is 2.97. The Kier molecular flexibility index (Phi) is 5.28. The van der Waals surface area contributed by atoms with Crippen LogP contribution in [0.25, 0.3) is 0 Å². The molecule has 0 atom stereocenters. The van der Waals surface area contributed by atoms with Crippen LogP contribution >= 0.6 is 0 Å². The molecule has 0 fully saturated rings. The fraction of sp³-hybridized carbons (Fsp3) is 0.111. The van der Waals surface area contributed by atoms with Crippen molar-refractivity contribution in [2.24, 2.45) is 0 Å². The molecule has 24 heavy (non-hydrogen) atoms. The monoisotopic (exact) mass is 320 g/mol. The van der Waals surface area contributed by atoms with E-state index in [9.17, 15) is 9.59 Å². The third kappa shape index (κ3) is 4.19. The number of ether oxygens (including phenoxy) is 2. The molecule has 0 unspecified atom stereocenters. The zero-order valence-electron chi connectivity index (χ0n) is 12.8. The molecule has 0 aliphatic carbocycles. The summed E-state index contributed by atoms with van der Waals surface area (Å²) >= 11 is 0. The Morgan fingerprint density at radius 3 is 2.17 bits per heavy atom. The Balaban J connectivity index is 2.09. The summed E-state index contributed by atoms with van der Waals surface area (Å²) < 4.78 is 10.4. The molecule has 0 aliphatic rings. The van der Waals surface area contributed by atoms with E-state index in [-0.39, 0.29) is 23.5 Å². The summed E-state index contributed by atoms with van der Waals surface area (Å²) in [5, 5.41) is 17.9. The van der Waals surface area contributed by atoms with Gasteiger partial charge in [-0.15, -0.1) is 0 Å². The van der Waals surface area contributed by atoms with Crippen LogP contribution in [0.2, 0.25) is 0 Å². The number of ketones is 1. The number of rotatable bonds is 5. The number of hydrogen-bond donors (Lipinski definition) is 0. The van der Waals surface area contributed by atoms with Gasteiger partial charge < -0.3 is 9.47 Å². The van der Waals surface area contributed by atoms with Crippen LogP contribution in [0.3, 0.4) is 0 Å². The highest BCUT2D eigenvalue weighted by atomic mass is 16.5. The van der Waals surface area contributed by atoms with Gasteiger partial charge in [0, 0.05) is 0 Å². The number of nitrogens with zero attached hydrogens (tertiary/aromatic N) is 2. The average molecular weight is 320 g/mol. The molecule has 118 valence electrons. The zero-order chi connectivity index (χ0) is 17.5. The van der Waals surface area contributed by atoms with Crippen molar-refractivity contribution >= 4 is 11.8 Å². The molecule has 0 aliphatic heterocycles. The van der Waals surface area contributed by atoms with Gasteiger partial charge >= 0.3 is 5.97 Å². The second kappa shape index (κ2) is 7.57. The molecule has 2 aromatic carbocycles. The first-order valence-corrected chi connectivity index (χ1v) is 6.92. The summed E-state index contributed by atoms with van der Waals surface area (Å²) in [7, 11) is 0. The Morgan fingerprint density at radius 2 is 1.58 bits per heavy atom. The van der Waals surface area contributed by atoms with Crippen LogP contribution in [0.1, 0.15) is 28.4 Å². The van der Waals surface area contributed by atoms with Gasteiger partial charge in [-0.05, 0) is 49.4 Å². The summed E-state index contributed by atoms with van der Waals surface area (Å²) in [6, 6.07) is 14.5. The van der Waals surface area contributed by atoms with Crippen molar-refractivity contribution in [3.63, 3.8) is 0 Å². The third-order valence-corrected chi connectivity index (χ3v) is 2.96. The summed E-state index contributed by atoms with van der Waals surface area (Å²) in [5.41, 5.74) is 0.786. The van der Waals surface area contributed by atoms with Crippen LogP contribution in [0.5, 0.6) is 11.5 Å². The number of carbonyl (C=O) groups excluding carboxylic acids is 2. The maximum absolute atomic E-state index is 11.7. The standard InChI is InChI=1S/C18H12N2O4/c1-12(21)11-23-18(22)13-2-5-16(6-3-13)24-17-7-4-14(9-19)15(8-17)10-20/h2-8H,11H2,1H3. The van der Waals surface area contributed by atoms with Gasteiger partial charge in [-0.2, -0.15) is 10.5 Å². The van der Waals surface area contributed by atoms with Crippen LogP contribution in [0, 0.1) is 22.7 Å². The van der Waals surface area contributed by atoms with E-state index >= 15 is 0 Å². The SMILES string of the molecule is CC(=O)COC(=O)c1ccc(Oc2ccc(C#N)c(C#N)c2)cc1. The van der Waals surface area contributed by atoms with Crippen molar-refractivity contribution in [1.82, 2.24) is 0 Å². The van der Waals surface area contributed by atoms with Crippen LogP contribution in [0.4, 0.5) is 0 Å². The number of hydrogen-bond acceptors (Lipinski definition) is 6. The van der Waals surface area contributed by atoms with E-state index in [0.717, 1.165) is 0 Å². The average Bonchev–Trinajstić information content (AvgIpc) is 2.60. The van der Waals surface area contributed by atoms with Crippen LogP contribution in [-0.4, -0.2) is 18.4 Å². The van der Waals surface area contributed by atoms with Crippen molar-refractivity contribution in [1.29, 1.82) is 10.5 Å². The minimum Gasteiger partial charge on any atom is -0.457 e. The summed E-state index contributed by atoms with van der Waals surface area (Å²) in [5.74, 6) is 0.0171. The molecule has 0 spiro atoms. The van der Waals surface area contributed by atoms with Crippen molar-refractivity contribution in [3.05, 3.63) is 59.2 Å². The highest BCUT2D eigenvalue weighted by Gasteiger charge is 2.09. The van der Waals surface area contributed by atoms with Gasteiger partial charge in [0.15, 0.2) is 5.78 Å². The van der Waals surface area contributed by atoms with E-state index in [1.165, 1.54) is 31.2 Å². The van der Waals surface area contributed by atoms with Crippen LogP contribution in [0.15, 0.2) is 42.5 Å². The van der Waals surface area contributed by atoms with Crippen LogP contribution in [-0.2, 0) is 9.53 Å². The molecule has 0 amide bonds. The zero-order valence-corrected chi connectivity index (χ0v) is 12.8. The smallest absolute Gasteiger partial charge is 0.338 e. The van der Waals surface area contributed by atoms with Crippen molar-refractivity contribution in [2.75, 3.05) is 6.61 Å². The molecule has 6 nitrogen and oxygen atoms in total. The van der Waals surface area contributed by atoms with Gasteiger partial charge in [0.05, 0.1) is 16.7 Å². The van der Waals surface area contributed by atoms with E-state index < -0.39 is 5.97 Å². The molecule has 0 saturated carbocycles. The molecular formula is C18H12N2O4. The van der Waals surface area contributed by atoms with Crippen molar-refractivity contribution in [2.45, 2.75) is 6.92 Å². The van der Waals surface area contributed by atoms with E-state index in [4.69, 9.17) is 20.0 Å². The predicted molar refractivity (Wildman–Crippen MR) is 83.4 cm³/mol. The Hall–Kier alpha value is -3.64. The van der Waals surface area contributed by atoms with Crippen LogP contribution < -0.4 is 4.74 Å². The van der Waals surface area contributed by atoms with Crippen molar-refractivity contribution < 1.29 is 19.1 Å².